The van der Waals surface area contributed by atoms with E-state index in [0.29, 0.717) is 13.0 Å². The van der Waals surface area contributed by atoms with Gasteiger partial charge in [-0.1, -0.05) is 0 Å². The third-order valence-corrected chi connectivity index (χ3v) is 2.37. The van der Waals surface area contributed by atoms with Crippen LogP contribution >= 0.6 is 15.9 Å². The normalized spacial score (nSPS) is 10.2. The van der Waals surface area contributed by atoms with Crippen LogP contribution in [-0.2, 0) is 0 Å². The minimum Gasteiger partial charge on any atom is -0.486 e. The lowest BCUT2D eigenvalue weighted by molar-refractivity contribution is -0.386. The van der Waals surface area contributed by atoms with E-state index in [4.69, 9.17) is 10.5 Å². The van der Waals surface area contributed by atoms with Crippen molar-refractivity contribution in [2.75, 3.05) is 13.2 Å². The number of hydrogen-bond acceptors (Lipinski definition) is 4. The maximum atomic E-state index is 12.9. The number of hydrogen-bond donors (Lipinski definition) is 1. The van der Waals surface area contributed by atoms with Gasteiger partial charge in [-0.25, -0.2) is 4.39 Å². The Morgan fingerprint density at radius 3 is 2.81 bits per heavy atom. The van der Waals surface area contributed by atoms with E-state index in [-0.39, 0.29) is 16.8 Å². The SMILES string of the molecule is NCCCOc1c(Br)cc(F)cc1[N+](=O)[O-]. The summed E-state index contributed by atoms with van der Waals surface area (Å²) in [5.74, 6) is -0.662. The summed E-state index contributed by atoms with van der Waals surface area (Å²) in [4.78, 5) is 9.98. The van der Waals surface area contributed by atoms with Gasteiger partial charge in [-0.2, -0.15) is 0 Å². The van der Waals surface area contributed by atoms with Crippen molar-refractivity contribution in [1.29, 1.82) is 0 Å². The second-order valence-corrected chi connectivity index (χ2v) is 3.84. The van der Waals surface area contributed by atoms with E-state index in [1.807, 2.05) is 0 Å². The van der Waals surface area contributed by atoms with E-state index in [0.717, 1.165) is 12.1 Å². The molecule has 0 unspecified atom stereocenters. The monoisotopic (exact) mass is 292 g/mol. The van der Waals surface area contributed by atoms with Crippen molar-refractivity contribution < 1.29 is 14.1 Å². The van der Waals surface area contributed by atoms with E-state index in [1.165, 1.54) is 0 Å². The van der Waals surface area contributed by atoms with Crippen LogP contribution in [-0.4, -0.2) is 18.1 Å². The number of nitrogens with zero attached hydrogens (tertiary/aromatic N) is 1. The summed E-state index contributed by atoms with van der Waals surface area (Å²) in [6.45, 7) is 0.675. The molecule has 0 fully saturated rings. The van der Waals surface area contributed by atoms with Gasteiger partial charge in [0.2, 0.25) is 5.75 Å². The maximum absolute atomic E-state index is 12.9. The van der Waals surface area contributed by atoms with Crippen LogP contribution in [0.15, 0.2) is 16.6 Å². The van der Waals surface area contributed by atoms with E-state index in [2.05, 4.69) is 15.9 Å². The zero-order chi connectivity index (χ0) is 12.1. The first-order valence-corrected chi connectivity index (χ1v) is 5.32. The molecule has 7 heteroatoms. The van der Waals surface area contributed by atoms with Gasteiger partial charge in [0.15, 0.2) is 0 Å². The van der Waals surface area contributed by atoms with Gasteiger partial charge in [0.05, 0.1) is 22.1 Å². The molecule has 0 saturated carbocycles. The summed E-state index contributed by atoms with van der Waals surface area (Å²) in [5, 5.41) is 10.7. The van der Waals surface area contributed by atoms with Gasteiger partial charge in [0, 0.05) is 0 Å². The lowest BCUT2D eigenvalue weighted by Gasteiger charge is -2.08. The van der Waals surface area contributed by atoms with Crippen molar-refractivity contribution in [3.05, 3.63) is 32.5 Å². The first-order valence-electron chi connectivity index (χ1n) is 4.52. The van der Waals surface area contributed by atoms with E-state index in [9.17, 15) is 14.5 Å². The van der Waals surface area contributed by atoms with Gasteiger partial charge >= 0.3 is 5.69 Å². The highest BCUT2D eigenvalue weighted by atomic mass is 79.9. The molecule has 5 nitrogen and oxygen atoms in total. The maximum Gasteiger partial charge on any atom is 0.315 e. The van der Waals surface area contributed by atoms with Crippen LogP contribution in [0.4, 0.5) is 10.1 Å². The number of benzene rings is 1. The van der Waals surface area contributed by atoms with E-state index >= 15 is 0 Å². The van der Waals surface area contributed by atoms with Gasteiger partial charge in [0.25, 0.3) is 0 Å². The third kappa shape index (κ3) is 3.14. The van der Waals surface area contributed by atoms with Crippen molar-refractivity contribution >= 4 is 21.6 Å². The fraction of sp³-hybridized carbons (Fsp3) is 0.333. The Kier molecular flexibility index (Phi) is 4.63. The minimum atomic E-state index is -0.690. The van der Waals surface area contributed by atoms with Crippen LogP contribution in [0.5, 0.6) is 5.75 Å². The fourth-order valence-corrected chi connectivity index (χ4v) is 1.62. The summed E-state index contributed by atoms with van der Waals surface area (Å²) in [6, 6.07) is 1.94. The summed E-state index contributed by atoms with van der Waals surface area (Å²) < 4.78 is 18.4. The molecule has 16 heavy (non-hydrogen) atoms. The number of nitro groups is 1. The molecule has 88 valence electrons. The van der Waals surface area contributed by atoms with Crippen LogP contribution in [0, 0.1) is 15.9 Å². The lowest BCUT2D eigenvalue weighted by atomic mass is 10.3. The summed E-state index contributed by atoms with van der Waals surface area (Å²) in [7, 11) is 0. The molecule has 0 atom stereocenters. The third-order valence-electron chi connectivity index (χ3n) is 1.78. The molecule has 0 aliphatic rings. The highest BCUT2D eigenvalue weighted by Crippen LogP contribution is 2.35. The first kappa shape index (κ1) is 12.9. The van der Waals surface area contributed by atoms with Crippen molar-refractivity contribution in [3.63, 3.8) is 0 Å². The zero-order valence-corrected chi connectivity index (χ0v) is 9.87. The number of halogens is 2. The molecule has 1 rings (SSSR count). The van der Waals surface area contributed by atoms with Crippen LogP contribution < -0.4 is 10.5 Å². The van der Waals surface area contributed by atoms with E-state index in [1.54, 1.807) is 0 Å². The summed E-state index contributed by atoms with van der Waals surface area (Å²) >= 11 is 3.02. The molecule has 0 bridgehead atoms. The van der Waals surface area contributed by atoms with Gasteiger partial charge in [-0.3, -0.25) is 10.1 Å². The Morgan fingerprint density at radius 1 is 1.56 bits per heavy atom. The Bertz CT molecular complexity index is 401. The molecule has 0 heterocycles. The van der Waals surface area contributed by atoms with Crippen LogP contribution in [0.2, 0.25) is 0 Å². The first-order chi connectivity index (χ1) is 7.56. The molecule has 0 aliphatic heterocycles. The molecular formula is C9H10BrFN2O3. The highest BCUT2D eigenvalue weighted by molar-refractivity contribution is 9.10. The predicted molar refractivity (Wildman–Crippen MR) is 59.9 cm³/mol. The molecule has 2 N–H and O–H groups in total. The minimum absolute atomic E-state index is 0.0276. The molecule has 0 spiro atoms. The second-order valence-electron chi connectivity index (χ2n) is 2.98. The molecule has 1 aromatic rings. The molecule has 0 aliphatic carbocycles. The summed E-state index contributed by atoms with van der Waals surface area (Å²) in [6.07, 6.45) is 0.570. The van der Waals surface area contributed by atoms with Crippen molar-refractivity contribution in [3.8, 4) is 5.75 Å². The quantitative estimate of drug-likeness (QED) is 0.513. The van der Waals surface area contributed by atoms with E-state index < -0.39 is 16.4 Å². The van der Waals surface area contributed by atoms with Crippen LogP contribution in [0.25, 0.3) is 0 Å². The Hall–Kier alpha value is -1.21. The highest BCUT2D eigenvalue weighted by Gasteiger charge is 2.20. The molecule has 0 saturated heterocycles. The van der Waals surface area contributed by atoms with Crippen molar-refractivity contribution in [2.24, 2.45) is 5.73 Å². The number of nitro benzene ring substituents is 1. The Morgan fingerprint density at radius 2 is 2.25 bits per heavy atom. The van der Waals surface area contributed by atoms with Crippen molar-refractivity contribution in [1.82, 2.24) is 0 Å². The number of nitrogens with two attached hydrogens (primary N) is 1. The molecular weight excluding hydrogens is 283 g/mol. The summed E-state index contributed by atoms with van der Waals surface area (Å²) in [5.41, 5.74) is 4.87. The topological polar surface area (TPSA) is 78.4 Å². The average Bonchev–Trinajstić information content (AvgIpc) is 2.20. The fourth-order valence-electron chi connectivity index (χ4n) is 1.08. The number of ether oxygens (including phenoxy) is 1. The molecule has 0 radical (unpaired) electrons. The van der Waals surface area contributed by atoms with Gasteiger partial charge in [-0.15, -0.1) is 0 Å². The molecule has 0 aromatic heterocycles. The second kappa shape index (κ2) is 5.76. The average molecular weight is 293 g/mol. The van der Waals surface area contributed by atoms with Gasteiger partial charge in [0.1, 0.15) is 5.82 Å². The Balaban J connectivity index is 2.99. The zero-order valence-electron chi connectivity index (χ0n) is 8.28. The number of rotatable bonds is 5. The molecule has 0 amide bonds. The van der Waals surface area contributed by atoms with Gasteiger partial charge < -0.3 is 10.5 Å². The largest absolute Gasteiger partial charge is 0.486 e. The molecule has 1 aromatic carbocycles. The standard InChI is InChI=1S/C9H10BrFN2O3/c10-7-4-6(11)5-8(13(14)15)9(7)16-3-1-2-12/h4-5H,1-3,12H2. The smallest absolute Gasteiger partial charge is 0.315 e. The van der Waals surface area contributed by atoms with Crippen LogP contribution in [0.3, 0.4) is 0 Å². The Labute approximate surface area is 99.7 Å². The van der Waals surface area contributed by atoms with Gasteiger partial charge in [-0.05, 0) is 35.0 Å². The van der Waals surface area contributed by atoms with Crippen molar-refractivity contribution in [2.45, 2.75) is 6.42 Å². The lowest BCUT2D eigenvalue weighted by Crippen LogP contribution is -2.07. The van der Waals surface area contributed by atoms with Crippen LogP contribution in [0.1, 0.15) is 6.42 Å². The predicted octanol–water partition coefficient (Wildman–Crippen LogP) is 2.22.